The molecule has 0 bridgehead atoms. The zero-order valence-electron chi connectivity index (χ0n) is 29.6. The molecular weight excluding hydrogens is 560 g/mol. The molecule has 5 rings (SSSR count). The second-order valence-corrected chi connectivity index (χ2v) is 14.6. The Kier molecular flexibility index (Phi) is 15.1. The predicted octanol–water partition coefficient (Wildman–Crippen LogP) is 12.5. The lowest BCUT2D eigenvalue weighted by molar-refractivity contribution is -0.104. The molecule has 2 heteroatoms. The number of carbonyl (C=O) groups excluding carboxylic acids is 1. The Bertz CT molecular complexity index is 1320. The average molecular weight is 623 g/mol. The molecule has 0 heterocycles. The van der Waals surface area contributed by atoms with E-state index in [1.165, 1.54) is 124 Å². The van der Waals surface area contributed by atoms with Crippen LogP contribution in [0.2, 0.25) is 0 Å². The molecule has 0 amide bonds. The molecule has 3 aromatic rings. The fraction of sp³-hybridized carbons (Fsp3) is 0.568. The SMILES string of the molecule is C=C(C)C=O.CCCCCc1ccc2cc(-c3ccc(C4CCC(CCC5CCC(C(CC)COC)CC5)CC4)cc3)ccc2c1. The monoisotopic (exact) mass is 622 g/mol. The van der Waals surface area contributed by atoms with Gasteiger partial charge in [0.1, 0.15) is 6.29 Å². The highest BCUT2D eigenvalue weighted by Crippen LogP contribution is 2.41. The topological polar surface area (TPSA) is 26.3 Å². The van der Waals surface area contributed by atoms with Gasteiger partial charge in [0.25, 0.3) is 0 Å². The van der Waals surface area contributed by atoms with Crippen molar-refractivity contribution in [3.8, 4) is 11.1 Å². The van der Waals surface area contributed by atoms with E-state index in [1.807, 2.05) is 7.11 Å². The summed E-state index contributed by atoms with van der Waals surface area (Å²) in [7, 11) is 1.87. The van der Waals surface area contributed by atoms with E-state index in [1.54, 1.807) is 12.5 Å². The fourth-order valence-electron chi connectivity index (χ4n) is 8.16. The van der Waals surface area contributed by atoms with E-state index in [0.29, 0.717) is 5.57 Å². The van der Waals surface area contributed by atoms with Crippen LogP contribution in [0.3, 0.4) is 0 Å². The molecule has 2 saturated carbocycles. The summed E-state index contributed by atoms with van der Waals surface area (Å²) in [4.78, 5) is 9.41. The van der Waals surface area contributed by atoms with Crippen molar-refractivity contribution in [2.24, 2.45) is 23.7 Å². The molecule has 2 aliphatic rings. The number of hydrogen-bond acceptors (Lipinski definition) is 2. The zero-order valence-corrected chi connectivity index (χ0v) is 29.6. The van der Waals surface area contributed by atoms with E-state index in [2.05, 4.69) is 81.1 Å². The molecule has 2 nitrogen and oxygen atoms in total. The van der Waals surface area contributed by atoms with Gasteiger partial charge in [0, 0.05) is 13.7 Å². The van der Waals surface area contributed by atoms with Crippen molar-refractivity contribution >= 4 is 17.1 Å². The molecular formula is C44H62O2. The number of aldehydes is 1. The average Bonchev–Trinajstić information content (AvgIpc) is 3.10. The Morgan fingerprint density at radius 1 is 0.804 bits per heavy atom. The van der Waals surface area contributed by atoms with Crippen LogP contribution >= 0.6 is 0 Å². The van der Waals surface area contributed by atoms with Crippen molar-refractivity contribution in [2.75, 3.05) is 13.7 Å². The number of fused-ring (bicyclic) bond motifs is 1. The molecule has 0 radical (unpaired) electrons. The van der Waals surface area contributed by atoms with E-state index in [4.69, 9.17) is 4.74 Å². The highest BCUT2D eigenvalue weighted by Gasteiger charge is 2.28. The number of ether oxygens (including phenoxy) is 1. The van der Waals surface area contributed by atoms with Crippen molar-refractivity contribution in [3.05, 3.63) is 83.9 Å². The summed E-state index contributed by atoms with van der Waals surface area (Å²) in [5.41, 5.74) is 6.29. The van der Waals surface area contributed by atoms with E-state index in [9.17, 15) is 4.79 Å². The van der Waals surface area contributed by atoms with E-state index >= 15 is 0 Å². The maximum atomic E-state index is 9.41. The van der Waals surface area contributed by atoms with E-state index < -0.39 is 0 Å². The number of allylic oxidation sites excluding steroid dienone is 1. The van der Waals surface area contributed by atoms with Gasteiger partial charge in [-0.1, -0.05) is 120 Å². The maximum Gasteiger partial charge on any atom is 0.145 e. The first kappa shape index (κ1) is 36.1. The largest absolute Gasteiger partial charge is 0.384 e. The first-order valence-corrected chi connectivity index (χ1v) is 18.7. The molecule has 1 atom stereocenters. The van der Waals surface area contributed by atoms with Crippen LogP contribution in [0, 0.1) is 23.7 Å². The fourth-order valence-corrected chi connectivity index (χ4v) is 8.16. The zero-order chi connectivity index (χ0) is 32.7. The number of methoxy groups -OCH3 is 1. The molecule has 2 aliphatic carbocycles. The summed E-state index contributed by atoms with van der Waals surface area (Å²) in [6.07, 6.45) is 21.5. The van der Waals surface area contributed by atoms with Crippen LogP contribution in [-0.2, 0) is 16.0 Å². The van der Waals surface area contributed by atoms with Crippen molar-refractivity contribution in [2.45, 2.75) is 123 Å². The molecule has 1 unspecified atom stereocenters. The van der Waals surface area contributed by atoms with Crippen LogP contribution in [0.25, 0.3) is 21.9 Å². The third-order valence-electron chi connectivity index (χ3n) is 11.2. The lowest BCUT2D eigenvalue weighted by atomic mass is 9.72. The Hall–Kier alpha value is -2.71. The third-order valence-corrected chi connectivity index (χ3v) is 11.2. The van der Waals surface area contributed by atoms with E-state index in [-0.39, 0.29) is 0 Å². The lowest BCUT2D eigenvalue weighted by Gasteiger charge is -2.34. The number of aryl methyl sites for hydroxylation is 1. The highest BCUT2D eigenvalue weighted by molar-refractivity contribution is 5.88. The number of carbonyl (C=O) groups is 1. The van der Waals surface area contributed by atoms with Crippen molar-refractivity contribution in [1.29, 1.82) is 0 Å². The van der Waals surface area contributed by atoms with Gasteiger partial charge in [0.15, 0.2) is 0 Å². The molecule has 0 aromatic heterocycles. The van der Waals surface area contributed by atoms with Crippen LogP contribution < -0.4 is 0 Å². The van der Waals surface area contributed by atoms with Gasteiger partial charge >= 0.3 is 0 Å². The molecule has 0 spiro atoms. The Morgan fingerprint density at radius 3 is 1.98 bits per heavy atom. The van der Waals surface area contributed by atoms with Gasteiger partial charge in [-0.05, 0) is 133 Å². The van der Waals surface area contributed by atoms with Gasteiger partial charge in [-0.25, -0.2) is 0 Å². The van der Waals surface area contributed by atoms with Crippen LogP contribution in [-0.4, -0.2) is 20.0 Å². The second-order valence-electron chi connectivity index (χ2n) is 14.6. The third kappa shape index (κ3) is 10.9. The summed E-state index contributed by atoms with van der Waals surface area (Å²) >= 11 is 0. The summed E-state index contributed by atoms with van der Waals surface area (Å²) in [5, 5.41) is 2.73. The number of unbranched alkanes of at least 4 members (excludes halogenated alkanes) is 2. The molecule has 2 fully saturated rings. The minimum Gasteiger partial charge on any atom is -0.384 e. The molecule has 0 saturated heterocycles. The smallest absolute Gasteiger partial charge is 0.145 e. The van der Waals surface area contributed by atoms with Crippen LogP contribution in [0.5, 0.6) is 0 Å². The molecule has 250 valence electrons. The summed E-state index contributed by atoms with van der Waals surface area (Å²) in [6, 6.07) is 23.6. The van der Waals surface area contributed by atoms with Gasteiger partial charge in [0.2, 0.25) is 0 Å². The molecule has 0 aliphatic heterocycles. The van der Waals surface area contributed by atoms with Gasteiger partial charge in [0.05, 0.1) is 0 Å². The van der Waals surface area contributed by atoms with Crippen molar-refractivity contribution in [3.63, 3.8) is 0 Å². The normalized spacial score (nSPS) is 22.1. The Balaban J connectivity index is 0.000000892. The Labute approximate surface area is 281 Å². The molecule has 46 heavy (non-hydrogen) atoms. The summed E-state index contributed by atoms with van der Waals surface area (Å²) < 4.78 is 5.50. The van der Waals surface area contributed by atoms with Gasteiger partial charge in [-0.2, -0.15) is 0 Å². The lowest BCUT2D eigenvalue weighted by Crippen LogP contribution is -2.25. The minimum absolute atomic E-state index is 0.574. The van der Waals surface area contributed by atoms with Crippen molar-refractivity contribution in [1.82, 2.24) is 0 Å². The summed E-state index contributed by atoms with van der Waals surface area (Å²) in [5.74, 6) is 4.40. The highest BCUT2D eigenvalue weighted by atomic mass is 16.5. The van der Waals surface area contributed by atoms with Crippen molar-refractivity contribution < 1.29 is 9.53 Å². The van der Waals surface area contributed by atoms with Gasteiger partial charge in [-0.3, -0.25) is 4.79 Å². The number of hydrogen-bond donors (Lipinski definition) is 0. The Morgan fingerprint density at radius 2 is 1.39 bits per heavy atom. The predicted molar refractivity (Wildman–Crippen MR) is 199 cm³/mol. The number of benzene rings is 3. The standard InChI is InChI=1S/C40H56O.C4H6O/c1-4-6-7-8-32-15-20-40-28-39(26-25-38(40)27-32)37-23-21-36(22-24-37)35-18-13-31(14-19-35)10-9-30-11-16-34(17-12-30)33(5-2)29-41-3;1-4(2)3-5/h15,20-28,30-31,33-35H,4-14,16-19,29H2,1-3H3;3H,1H2,2H3. The second kappa shape index (κ2) is 19.2. The minimum atomic E-state index is 0.574. The van der Waals surface area contributed by atoms with Crippen LogP contribution in [0.15, 0.2) is 72.8 Å². The van der Waals surface area contributed by atoms with Gasteiger partial charge < -0.3 is 4.74 Å². The van der Waals surface area contributed by atoms with Crippen LogP contribution in [0.4, 0.5) is 0 Å². The molecule has 0 N–H and O–H groups in total. The first-order chi connectivity index (χ1) is 22.4. The maximum absolute atomic E-state index is 9.41. The molecule has 3 aromatic carbocycles. The first-order valence-electron chi connectivity index (χ1n) is 18.7. The quantitative estimate of drug-likeness (QED) is 0.102. The van der Waals surface area contributed by atoms with Crippen LogP contribution in [0.1, 0.15) is 128 Å². The number of rotatable bonds is 14. The van der Waals surface area contributed by atoms with E-state index in [0.717, 1.165) is 42.5 Å². The van der Waals surface area contributed by atoms with Gasteiger partial charge in [-0.15, -0.1) is 0 Å². The summed E-state index contributed by atoms with van der Waals surface area (Å²) in [6.45, 7) is 10.5.